The predicted molar refractivity (Wildman–Crippen MR) is 179 cm³/mol. The van der Waals surface area contributed by atoms with Gasteiger partial charge in [0.15, 0.2) is 0 Å². The van der Waals surface area contributed by atoms with Gasteiger partial charge in [0.05, 0.1) is 11.0 Å². The van der Waals surface area contributed by atoms with Crippen LogP contribution >= 0.6 is 22.6 Å². The Morgan fingerprint density at radius 2 is 1.14 bits per heavy atom. The molecule has 0 spiro atoms. The molecule has 7 aromatic rings. The molecule has 0 amide bonds. The molecule has 2 bridgehead atoms. The third kappa shape index (κ3) is 3.40. The number of nitrogens with zero attached hydrogens (tertiary/aromatic N) is 2. The molecule has 1 heterocycles. The number of fused-ring (bicyclic) bond motifs is 1. The van der Waals surface area contributed by atoms with E-state index in [0.29, 0.717) is 0 Å². The highest BCUT2D eigenvalue weighted by Gasteiger charge is 2.43. The van der Waals surface area contributed by atoms with Gasteiger partial charge >= 0.3 is 0 Å². The fraction of sp³-hybridized carbons (Fsp3) is 0.0513. The lowest BCUT2D eigenvalue weighted by atomic mass is 9.60. The average Bonchev–Trinajstić information content (AvgIpc) is 3.45. The Kier molecular flexibility index (Phi) is 5.33. The van der Waals surface area contributed by atoms with Crippen LogP contribution in [0.2, 0.25) is 0 Å². The molecule has 2 nitrogen and oxygen atoms in total. The Bertz CT molecular complexity index is 2180. The Labute approximate surface area is 258 Å². The third-order valence-electron chi connectivity index (χ3n) is 9.05. The van der Waals surface area contributed by atoms with Gasteiger partial charge in [0, 0.05) is 26.7 Å². The molecule has 0 radical (unpaired) electrons. The zero-order valence-corrected chi connectivity index (χ0v) is 24.9. The number of hydrogen-bond donors (Lipinski definition) is 0. The molecule has 0 aliphatic heterocycles. The normalized spacial score (nSPS) is 16.2. The summed E-state index contributed by atoms with van der Waals surface area (Å²) in [7, 11) is 0. The van der Waals surface area contributed by atoms with E-state index in [1.807, 2.05) is 0 Å². The van der Waals surface area contributed by atoms with Crippen molar-refractivity contribution in [2.45, 2.75) is 11.8 Å². The molecule has 1 aromatic heterocycles. The molecule has 3 aliphatic rings. The molecule has 42 heavy (non-hydrogen) atoms. The summed E-state index contributed by atoms with van der Waals surface area (Å²) in [5.41, 5.74) is 15.6. The smallest absolute Gasteiger partial charge is 0.145 e. The van der Waals surface area contributed by atoms with Crippen molar-refractivity contribution in [2.75, 3.05) is 0 Å². The lowest BCUT2D eigenvalue weighted by Gasteiger charge is -2.43. The van der Waals surface area contributed by atoms with Crippen LogP contribution in [0.1, 0.15) is 45.2 Å². The van der Waals surface area contributed by atoms with Crippen molar-refractivity contribution >= 4 is 33.6 Å². The standard InChI is InChI=1S/C39H25IN2/c40-32-20-10-19-31-36-28-15-4-5-16-29(28)37(38(31)32)30-18-9-17-27(35(30)36)24-11-8-12-25(23-24)39-41-33-21-6-7-22-34(33)42(39)26-13-2-1-3-14-26/h1-23,36-37H. The number of para-hydroxylation sites is 3. The number of imidazole rings is 1. The highest BCUT2D eigenvalue weighted by molar-refractivity contribution is 14.1. The van der Waals surface area contributed by atoms with Crippen LogP contribution in [-0.2, 0) is 0 Å². The highest BCUT2D eigenvalue weighted by Crippen LogP contribution is 2.58. The van der Waals surface area contributed by atoms with E-state index < -0.39 is 0 Å². The molecule has 0 saturated carbocycles. The van der Waals surface area contributed by atoms with Gasteiger partial charge in [-0.05, 0) is 103 Å². The second-order valence-corrected chi connectivity index (χ2v) is 12.4. The van der Waals surface area contributed by atoms with E-state index in [9.17, 15) is 0 Å². The summed E-state index contributed by atoms with van der Waals surface area (Å²) < 4.78 is 3.64. The van der Waals surface area contributed by atoms with E-state index in [1.165, 1.54) is 48.1 Å². The predicted octanol–water partition coefficient (Wildman–Crippen LogP) is 9.95. The van der Waals surface area contributed by atoms with Gasteiger partial charge < -0.3 is 0 Å². The van der Waals surface area contributed by atoms with Crippen molar-refractivity contribution in [2.24, 2.45) is 0 Å². The summed E-state index contributed by atoms with van der Waals surface area (Å²) in [6, 6.07) is 50.8. The largest absolute Gasteiger partial charge is 0.292 e. The van der Waals surface area contributed by atoms with Gasteiger partial charge in [0.1, 0.15) is 5.82 Å². The minimum absolute atomic E-state index is 0.222. The number of rotatable bonds is 3. The number of halogens is 1. The highest BCUT2D eigenvalue weighted by atomic mass is 127. The first kappa shape index (κ1) is 24.2. The molecular formula is C39H25IN2. The third-order valence-corrected chi connectivity index (χ3v) is 9.99. The topological polar surface area (TPSA) is 17.8 Å². The molecule has 3 heteroatoms. The monoisotopic (exact) mass is 648 g/mol. The van der Waals surface area contributed by atoms with Crippen molar-refractivity contribution in [3.05, 3.63) is 176 Å². The van der Waals surface area contributed by atoms with Crippen LogP contribution in [0.3, 0.4) is 0 Å². The van der Waals surface area contributed by atoms with Gasteiger partial charge in [-0.1, -0.05) is 103 Å². The first-order valence-corrected chi connectivity index (χ1v) is 15.5. The average molecular weight is 649 g/mol. The Morgan fingerprint density at radius 3 is 1.98 bits per heavy atom. The van der Waals surface area contributed by atoms with Crippen LogP contribution in [0.25, 0.3) is 39.2 Å². The quantitative estimate of drug-likeness (QED) is 0.175. The SMILES string of the molecule is Ic1cccc2c1C1c3ccccc3C2c2c(-c3cccc(-c4nc5ccccc5n4-c4ccccc4)c3)cccc21. The molecule has 3 aliphatic carbocycles. The molecule has 2 unspecified atom stereocenters. The molecular weight excluding hydrogens is 623 g/mol. The Hall–Kier alpha value is -4.48. The molecule has 0 saturated heterocycles. The Balaban J connectivity index is 1.26. The van der Waals surface area contributed by atoms with Crippen molar-refractivity contribution in [1.29, 1.82) is 0 Å². The maximum Gasteiger partial charge on any atom is 0.145 e. The number of hydrogen-bond acceptors (Lipinski definition) is 1. The molecule has 0 N–H and O–H groups in total. The molecule has 2 atom stereocenters. The van der Waals surface area contributed by atoms with E-state index in [4.69, 9.17) is 4.98 Å². The van der Waals surface area contributed by atoms with Crippen molar-refractivity contribution in [3.8, 4) is 28.2 Å². The summed E-state index contributed by atoms with van der Waals surface area (Å²) >= 11 is 2.54. The van der Waals surface area contributed by atoms with E-state index >= 15 is 0 Å². The molecule has 10 rings (SSSR count). The lowest BCUT2D eigenvalue weighted by molar-refractivity contribution is 0.752. The Morgan fingerprint density at radius 1 is 0.524 bits per heavy atom. The van der Waals surface area contributed by atoms with Crippen LogP contribution in [0.5, 0.6) is 0 Å². The van der Waals surface area contributed by atoms with Gasteiger partial charge in [-0.25, -0.2) is 4.98 Å². The van der Waals surface area contributed by atoms with E-state index in [0.717, 1.165) is 28.1 Å². The van der Waals surface area contributed by atoms with Gasteiger partial charge in [0.2, 0.25) is 0 Å². The number of aromatic nitrogens is 2. The van der Waals surface area contributed by atoms with Gasteiger partial charge in [-0.3, -0.25) is 4.57 Å². The van der Waals surface area contributed by atoms with E-state index in [2.05, 4.69) is 167 Å². The maximum absolute atomic E-state index is 5.15. The van der Waals surface area contributed by atoms with Gasteiger partial charge in [0.25, 0.3) is 0 Å². The molecule has 198 valence electrons. The van der Waals surface area contributed by atoms with Crippen LogP contribution in [0.4, 0.5) is 0 Å². The molecule has 6 aromatic carbocycles. The maximum atomic E-state index is 5.15. The van der Waals surface area contributed by atoms with E-state index in [1.54, 1.807) is 0 Å². The van der Waals surface area contributed by atoms with Crippen LogP contribution in [0, 0.1) is 3.57 Å². The summed E-state index contributed by atoms with van der Waals surface area (Å²) in [6.45, 7) is 0. The number of benzene rings is 6. The fourth-order valence-corrected chi connectivity index (χ4v) is 8.23. The van der Waals surface area contributed by atoms with Crippen LogP contribution < -0.4 is 0 Å². The fourth-order valence-electron chi connectivity index (χ4n) is 7.40. The summed E-state index contributed by atoms with van der Waals surface area (Å²) in [5.74, 6) is 1.44. The van der Waals surface area contributed by atoms with Crippen LogP contribution in [0.15, 0.2) is 140 Å². The lowest BCUT2D eigenvalue weighted by Crippen LogP contribution is -2.28. The minimum atomic E-state index is 0.222. The first-order chi connectivity index (χ1) is 20.8. The second kappa shape index (κ2) is 9.27. The second-order valence-electron chi connectivity index (χ2n) is 11.2. The van der Waals surface area contributed by atoms with E-state index in [-0.39, 0.29) is 11.8 Å². The molecule has 0 fully saturated rings. The zero-order chi connectivity index (χ0) is 27.8. The zero-order valence-electron chi connectivity index (χ0n) is 22.7. The van der Waals surface area contributed by atoms with Crippen molar-refractivity contribution < 1.29 is 0 Å². The summed E-state index contributed by atoms with van der Waals surface area (Å²) in [5, 5.41) is 0. The summed E-state index contributed by atoms with van der Waals surface area (Å²) in [6.07, 6.45) is 0. The minimum Gasteiger partial charge on any atom is -0.292 e. The van der Waals surface area contributed by atoms with Gasteiger partial charge in [-0.15, -0.1) is 0 Å². The first-order valence-electron chi connectivity index (χ1n) is 14.4. The van der Waals surface area contributed by atoms with Crippen molar-refractivity contribution in [3.63, 3.8) is 0 Å². The van der Waals surface area contributed by atoms with Crippen LogP contribution in [-0.4, -0.2) is 9.55 Å². The van der Waals surface area contributed by atoms with Crippen molar-refractivity contribution in [1.82, 2.24) is 9.55 Å². The summed E-state index contributed by atoms with van der Waals surface area (Å²) in [4.78, 5) is 5.15. The van der Waals surface area contributed by atoms with Gasteiger partial charge in [-0.2, -0.15) is 0 Å².